The standard InChI is InChI=1S/C12H16ClNO4/c13-5-9-2-1-3-10(4-9)11(18)14-12(6-15,7-16)8-17/h1-4,15-17H,5-8H2,(H,14,18). The van der Waals surface area contributed by atoms with Crippen molar-refractivity contribution in [1.82, 2.24) is 5.32 Å². The molecule has 1 amide bonds. The minimum absolute atomic E-state index is 0.284. The van der Waals surface area contributed by atoms with Crippen molar-refractivity contribution in [3.8, 4) is 0 Å². The first-order valence-corrected chi connectivity index (χ1v) is 5.94. The number of carbonyl (C=O) groups is 1. The second-order valence-corrected chi connectivity index (χ2v) is 4.31. The van der Waals surface area contributed by atoms with Gasteiger partial charge in [-0.2, -0.15) is 0 Å². The Balaban J connectivity index is 2.86. The predicted octanol–water partition coefficient (Wildman–Crippen LogP) is -0.129. The van der Waals surface area contributed by atoms with Crippen LogP contribution in [-0.4, -0.2) is 46.6 Å². The summed E-state index contributed by atoms with van der Waals surface area (Å²) in [5.74, 6) is -0.203. The van der Waals surface area contributed by atoms with Crippen molar-refractivity contribution in [2.45, 2.75) is 11.4 Å². The maximum absolute atomic E-state index is 11.9. The molecule has 0 atom stereocenters. The summed E-state index contributed by atoms with van der Waals surface area (Å²) in [6, 6.07) is 6.66. The molecule has 18 heavy (non-hydrogen) atoms. The Morgan fingerprint density at radius 3 is 2.33 bits per heavy atom. The Kier molecular flexibility index (Phi) is 5.55. The van der Waals surface area contributed by atoms with E-state index in [0.29, 0.717) is 5.56 Å². The summed E-state index contributed by atoms with van der Waals surface area (Å²) in [6.07, 6.45) is 0. The van der Waals surface area contributed by atoms with Crippen LogP contribution in [0.1, 0.15) is 15.9 Å². The number of carbonyl (C=O) groups excluding carboxylic acids is 1. The van der Waals surface area contributed by atoms with E-state index in [2.05, 4.69) is 5.32 Å². The van der Waals surface area contributed by atoms with Crippen molar-refractivity contribution in [2.75, 3.05) is 19.8 Å². The molecular formula is C12H16ClNO4. The number of aliphatic hydroxyl groups is 3. The molecule has 0 fully saturated rings. The van der Waals surface area contributed by atoms with Gasteiger partial charge in [-0.05, 0) is 17.7 Å². The van der Waals surface area contributed by atoms with E-state index in [1.54, 1.807) is 24.3 Å². The molecule has 5 nitrogen and oxygen atoms in total. The maximum atomic E-state index is 11.9. The van der Waals surface area contributed by atoms with E-state index in [0.717, 1.165) is 5.56 Å². The van der Waals surface area contributed by atoms with Gasteiger partial charge in [-0.15, -0.1) is 11.6 Å². The summed E-state index contributed by atoms with van der Waals surface area (Å²) in [5.41, 5.74) is -0.284. The number of rotatable bonds is 6. The maximum Gasteiger partial charge on any atom is 0.251 e. The molecule has 0 heterocycles. The van der Waals surface area contributed by atoms with Gasteiger partial charge in [-0.3, -0.25) is 4.79 Å². The van der Waals surface area contributed by atoms with Crippen molar-refractivity contribution in [3.05, 3.63) is 35.4 Å². The van der Waals surface area contributed by atoms with Crippen molar-refractivity contribution in [3.63, 3.8) is 0 Å². The van der Waals surface area contributed by atoms with E-state index in [1.165, 1.54) is 0 Å². The van der Waals surface area contributed by atoms with Gasteiger partial charge in [0.25, 0.3) is 5.91 Å². The number of hydrogen-bond donors (Lipinski definition) is 4. The Labute approximate surface area is 110 Å². The van der Waals surface area contributed by atoms with Gasteiger partial charge in [-0.1, -0.05) is 12.1 Å². The van der Waals surface area contributed by atoms with Gasteiger partial charge in [0, 0.05) is 11.4 Å². The van der Waals surface area contributed by atoms with E-state index in [1.807, 2.05) is 0 Å². The van der Waals surface area contributed by atoms with Gasteiger partial charge in [0.05, 0.1) is 19.8 Å². The molecule has 0 aromatic heterocycles. The summed E-state index contributed by atoms with van der Waals surface area (Å²) in [6.45, 7) is -1.66. The van der Waals surface area contributed by atoms with Gasteiger partial charge in [-0.25, -0.2) is 0 Å². The number of hydrogen-bond acceptors (Lipinski definition) is 4. The molecule has 0 bridgehead atoms. The van der Waals surface area contributed by atoms with Crippen LogP contribution in [0.3, 0.4) is 0 Å². The Morgan fingerprint density at radius 2 is 1.83 bits per heavy atom. The largest absolute Gasteiger partial charge is 0.394 e. The second kappa shape index (κ2) is 6.70. The Hall–Kier alpha value is -1.14. The van der Waals surface area contributed by atoms with Gasteiger partial charge >= 0.3 is 0 Å². The van der Waals surface area contributed by atoms with E-state index < -0.39 is 31.3 Å². The fourth-order valence-electron chi connectivity index (χ4n) is 1.38. The average Bonchev–Trinajstić information content (AvgIpc) is 2.44. The normalized spacial score (nSPS) is 11.3. The first-order valence-electron chi connectivity index (χ1n) is 5.41. The average molecular weight is 274 g/mol. The summed E-state index contributed by atoms with van der Waals surface area (Å²) < 4.78 is 0. The van der Waals surface area contributed by atoms with Crippen LogP contribution in [-0.2, 0) is 5.88 Å². The molecule has 0 aliphatic heterocycles. The number of halogens is 1. The Bertz CT molecular complexity index is 399. The summed E-state index contributed by atoms with van der Waals surface area (Å²) in [4.78, 5) is 11.9. The number of amides is 1. The van der Waals surface area contributed by atoms with Gasteiger partial charge < -0.3 is 20.6 Å². The zero-order valence-corrected chi connectivity index (χ0v) is 10.5. The molecule has 0 radical (unpaired) electrons. The van der Waals surface area contributed by atoms with Crippen LogP contribution >= 0.6 is 11.6 Å². The van der Waals surface area contributed by atoms with Crippen LogP contribution < -0.4 is 5.32 Å². The highest BCUT2D eigenvalue weighted by Crippen LogP contribution is 2.10. The molecule has 4 N–H and O–H groups in total. The quantitative estimate of drug-likeness (QED) is 0.544. The number of alkyl halides is 1. The molecule has 0 saturated heterocycles. The van der Waals surface area contributed by atoms with Crippen molar-refractivity contribution in [2.24, 2.45) is 0 Å². The highest BCUT2D eigenvalue weighted by molar-refractivity contribution is 6.17. The third kappa shape index (κ3) is 3.43. The lowest BCUT2D eigenvalue weighted by molar-refractivity contribution is 0.0375. The van der Waals surface area contributed by atoms with Crippen molar-refractivity contribution in [1.29, 1.82) is 0 Å². The van der Waals surface area contributed by atoms with Crippen LogP contribution in [0.4, 0.5) is 0 Å². The van der Waals surface area contributed by atoms with E-state index in [4.69, 9.17) is 26.9 Å². The molecule has 0 spiro atoms. The van der Waals surface area contributed by atoms with Crippen molar-refractivity contribution < 1.29 is 20.1 Å². The number of nitrogens with one attached hydrogen (secondary N) is 1. The van der Waals surface area contributed by atoms with Gasteiger partial charge in [0.2, 0.25) is 0 Å². The lowest BCUT2D eigenvalue weighted by Crippen LogP contribution is -2.57. The lowest BCUT2D eigenvalue weighted by Gasteiger charge is -2.28. The molecule has 6 heteroatoms. The molecule has 0 aliphatic carbocycles. The fraction of sp³-hybridized carbons (Fsp3) is 0.417. The first kappa shape index (κ1) is 14.9. The first-order chi connectivity index (χ1) is 8.60. The fourth-order valence-corrected chi connectivity index (χ4v) is 1.54. The molecule has 1 aromatic rings. The second-order valence-electron chi connectivity index (χ2n) is 4.04. The zero-order valence-electron chi connectivity index (χ0n) is 9.77. The Morgan fingerprint density at radius 1 is 1.22 bits per heavy atom. The third-order valence-corrected chi connectivity index (χ3v) is 2.94. The third-order valence-electron chi connectivity index (χ3n) is 2.63. The lowest BCUT2D eigenvalue weighted by atomic mass is 10.0. The molecule has 0 aliphatic rings. The summed E-state index contributed by atoms with van der Waals surface area (Å²) in [5, 5.41) is 29.8. The summed E-state index contributed by atoms with van der Waals surface area (Å²) >= 11 is 5.67. The molecular weight excluding hydrogens is 258 g/mol. The van der Waals surface area contributed by atoms with E-state index >= 15 is 0 Å². The smallest absolute Gasteiger partial charge is 0.251 e. The number of benzene rings is 1. The van der Waals surface area contributed by atoms with Crippen LogP contribution in [0.5, 0.6) is 0 Å². The van der Waals surface area contributed by atoms with Gasteiger partial charge in [0.1, 0.15) is 5.54 Å². The molecule has 0 saturated carbocycles. The van der Waals surface area contributed by atoms with E-state index in [9.17, 15) is 4.79 Å². The highest BCUT2D eigenvalue weighted by atomic mass is 35.5. The monoisotopic (exact) mass is 273 g/mol. The molecule has 1 rings (SSSR count). The van der Waals surface area contributed by atoms with Crippen LogP contribution in [0, 0.1) is 0 Å². The van der Waals surface area contributed by atoms with E-state index in [-0.39, 0.29) is 5.88 Å². The van der Waals surface area contributed by atoms with Crippen LogP contribution in [0.15, 0.2) is 24.3 Å². The minimum atomic E-state index is -1.42. The summed E-state index contributed by atoms with van der Waals surface area (Å²) in [7, 11) is 0. The van der Waals surface area contributed by atoms with Crippen LogP contribution in [0.2, 0.25) is 0 Å². The minimum Gasteiger partial charge on any atom is -0.394 e. The SMILES string of the molecule is O=C(NC(CO)(CO)CO)c1cccc(CCl)c1. The van der Waals surface area contributed by atoms with Crippen molar-refractivity contribution >= 4 is 17.5 Å². The molecule has 100 valence electrons. The zero-order chi connectivity index (χ0) is 13.6. The molecule has 1 aromatic carbocycles. The van der Waals surface area contributed by atoms with Crippen LogP contribution in [0.25, 0.3) is 0 Å². The molecule has 0 unspecified atom stereocenters. The highest BCUT2D eigenvalue weighted by Gasteiger charge is 2.30. The van der Waals surface area contributed by atoms with Gasteiger partial charge in [0.15, 0.2) is 0 Å². The predicted molar refractivity (Wildman–Crippen MR) is 67.5 cm³/mol. The topological polar surface area (TPSA) is 89.8 Å². The number of aliphatic hydroxyl groups excluding tert-OH is 3.